The molecule has 0 saturated heterocycles. The molecule has 0 heterocycles. The molecule has 74 valence electrons. The molecule has 2 aliphatic carbocycles. The standard InChI is InChI=1S/C15H14/c1-2-6-12(7-3-1)15-11-10-13-8-4-5-9-14(13)15/h1-2,4-6,8-9,11H,3,7,10H2. The lowest BCUT2D eigenvalue weighted by atomic mass is 9.93. The topological polar surface area (TPSA) is 0 Å². The van der Waals surface area contributed by atoms with Gasteiger partial charge in [0, 0.05) is 0 Å². The molecule has 15 heavy (non-hydrogen) atoms. The van der Waals surface area contributed by atoms with Crippen LogP contribution >= 0.6 is 0 Å². The quantitative estimate of drug-likeness (QED) is 0.636. The molecule has 0 radical (unpaired) electrons. The summed E-state index contributed by atoms with van der Waals surface area (Å²) in [7, 11) is 0. The second-order valence-corrected chi connectivity index (χ2v) is 4.14. The lowest BCUT2D eigenvalue weighted by Crippen LogP contribution is -1.91. The molecule has 3 rings (SSSR count). The minimum atomic E-state index is 1.10. The summed E-state index contributed by atoms with van der Waals surface area (Å²) >= 11 is 0. The van der Waals surface area contributed by atoms with Gasteiger partial charge in [-0.2, -0.15) is 0 Å². The Labute approximate surface area is 90.6 Å². The van der Waals surface area contributed by atoms with Gasteiger partial charge in [-0.05, 0) is 41.5 Å². The van der Waals surface area contributed by atoms with Crippen molar-refractivity contribution in [1.29, 1.82) is 0 Å². The molecule has 0 bridgehead atoms. The predicted octanol–water partition coefficient (Wildman–Crippen LogP) is 3.90. The minimum absolute atomic E-state index is 1.10. The van der Waals surface area contributed by atoms with Crippen LogP contribution in [0.4, 0.5) is 0 Å². The average Bonchev–Trinajstić information content (AvgIpc) is 2.74. The van der Waals surface area contributed by atoms with Crippen molar-refractivity contribution in [2.24, 2.45) is 0 Å². The predicted molar refractivity (Wildman–Crippen MR) is 64.6 cm³/mol. The lowest BCUT2D eigenvalue weighted by Gasteiger charge is -2.11. The fraction of sp³-hybridized carbons (Fsp3) is 0.200. The number of rotatable bonds is 1. The molecule has 0 saturated carbocycles. The minimum Gasteiger partial charge on any atom is -0.0842 e. The largest absolute Gasteiger partial charge is 0.0842 e. The molecule has 0 aromatic heterocycles. The first kappa shape index (κ1) is 8.72. The Kier molecular flexibility index (Phi) is 2.06. The van der Waals surface area contributed by atoms with Crippen LogP contribution in [-0.4, -0.2) is 0 Å². The van der Waals surface area contributed by atoms with E-state index in [1.165, 1.54) is 35.1 Å². The molecule has 0 heteroatoms. The molecule has 0 aliphatic heterocycles. The monoisotopic (exact) mass is 194 g/mol. The van der Waals surface area contributed by atoms with E-state index in [-0.39, 0.29) is 0 Å². The first-order valence-corrected chi connectivity index (χ1v) is 5.59. The van der Waals surface area contributed by atoms with Crippen LogP contribution < -0.4 is 0 Å². The van der Waals surface area contributed by atoms with Gasteiger partial charge in [-0.15, -0.1) is 0 Å². The van der Waals surface area contributed by atoms with Crippen molar-refractivity contribution in [3.63, 3.8) is 0 Å². The summed E-state index contributed by atoms with van der Waals surface area (Å²) in [6.45, 7) is 0. The zero-order chi connectivity index (χ0) is 10.1. The van der Waals surface area contributed by atoms with Crippen molar-refractivity contribution < 1.29 is 0 Å². The maximum atomic E-state index is 2.37. The van der Waals surface area contributed by atoms with Crippen LogP contribution in [0.2, 0.25) is 0 Å². The third-order valence-corrected chi connectivity index (χ3v) is 3.19. The lowest BCUT2D eigenvalue weighted by molar-refractivity contribution is 0.997. The molecule has 0 N–H and O–H groups in total. The SMILES string of the molecule is C1=CCCC(C2=CCc3ccccc32)=C1. The summed E-state index contributed by atoms with van der Waals surface area (Å²) in [5.41, 5.74) is 5.89. The van der Waals surface area contributed by atoms with Gasteiger partial charge in [0.25, 0.3) is 0 Å². The number of benzene rings is 1. The Morgan fingerprint density at radius 1 is 1.07 bits per heavy atom. The van der Waals surface area contributed by atoms with Gasteiger partial charge in [0.05, 0.1) is 0 Å². The fourth-order valence-corrected chi connectivity index (χ4v) is 2.41. The van der Waals surface area contributed by atoms with E-state index >= 15 is 0 Å². The molecular formula is C15H14. The Morgan fingerprint density at radius 3 is 2.87 bits per heavy atom. The van der Waals surface area contributed by atoms with Crippen LogP contribution in [0.3, 0.4) is 0 Å². The van der Waals surface area contributed by atoms with Gasteiger partial charge < -0.3 is 0 Å². The molecule has 2 aliphatic rings. The second-order valence-electron chi connectivity index (χ2n) is 4.14. The molecule has 0 atom stereocenters. The number of allylic oxidation sites excluding steroid dienone is 6. The van der Waals surface area contributed by atoms with E-state index in [4.69, 9.17) is 0 Å². The van der Waals surface area contributed by atoms with Gasteiger partial charge >= 0.3 is 0 Å². The van der Waals surface area contributed by atoms with Gasteiger partial charge in [-0.3, -0.25) is 0 Å². The van der Waals surface area contributed by atoms with Crippen LogP contribution in [0.1, 0.15) is 24.0 Å². The highest BCUT2D eigenvalue weighted by molar-refractivity contribution is 5.84. The van der Waals surface area contributed by atoms with Crippen molar-refractivity contribution in [2.75, 3.05) is 0 Å². The van der Waals surface area contributed by atoms with Gasteiger partial charge in [0.2, 0.25) is 0 Å². The summed E-state index contributed by atoms with van der Waals surface area (Å²) in [6, 6.07) is 8.74. The molecule has 1 aromatic carbocycles. The van der Waals surface area contributed by atoms with E-state index < -0.39 is 0 Å². The summed E-state index contributed by atoms with van der Waals surface area (Å²) < 4.78 is 0. The summed E-state index contributed by atoms with van der Waals surface area (Å²) in [4.78, 5) is 0. The van der Waals surface area contributed by atoms with Gasteiger partial charge in [-0.1, -0.05) is 48.6 Å². The van der Waals surface area contributed by atoms with Crippen LogP contribution in [0, 0.1) is 0 Å². The zero-order valence-corrected chi connectivity index (χ0v) is 8.74. The van der Waals surface area contributed by atoms with Crippen LogP contribution in [-0.2, 0) is 6.42 Å². The number of fused-ring (bicyclic) bond motifs is 1. The summed E-state index contributed by atoms with van der Waals surface area (Å²) in [5.74, 6) is 0. The molecule has 0 nitrogen and oxygen atoms in total. The van der Waals surface area contributed by atoms with Gasteiger partial charge in [-0.25, -0.2) is 0 Å². The smallest absolute Gasteiger partial charge is 0.00820 e. The van der Waals surface area contributed by atoms with Crippen molar-refractivity contribution in [1.82, 2.24) is 0 Å². The van der Waals surface area contributed by atoms with E-state index in [9.17, 15) is 0 Å². The third-order valence-electron chi connectivity index (χ3n) is 3.19. The normalized spacial score (nSPS) is 18.4. The van der Waals surface area contributed by atoms with E-state index in [0.717, 1.165) is 6.42 Å². The Balaban J connectivity index is 2.03. The highest BCUT2D eigenvalue weighted by atomic mass is 14.2. The Morgan fingerprint density at radius 2 is 2.00 bits per heavy atom. The number of hydrogen-bond acceptors (Lipinski definition) is 0. The maximum Gasteiger partial charge on any atom is -0.00820 e. The molecule has 0 spiro atoms. The van der Waals surface area contributed by atoms with Crippen LogP contribution in [0.25, 0.3) is 5.57 Å². The first-order valence-electron chi connectivity index (χ1n) is 5.59. The van der Waals surface area contributed by atoms with Crippen molar-refractivity contribution in [2.45, 2.75) is 19.3 Å². The molecule has 0 fully saturated rings. The van der Waals surface area contributed by atoms with E-state index in [1.54, 1.807) is 0 Å². The number of hydrogen-bond donors (Lipinski definition) is 0. The highest BCUT2D eigenvalue weighted by Gasteiger charge is 2.16. The van der Waals surface area contributed by atoms with Gasteiger partial charge in [0.15, 0.2) is 0 Å². The summed E-state index contributed by atoms with van der Waals surface area (Å²) in [5, 5.41) is 0. The van der Waals surface area contributed by atoms with Crippen molar-refractivity contribution in [3.05, 3.63) is 65.3 Å². The first-order chi connectivity index (χ1) is 7.45. The maximum absolute atomic E-state index is 2.37. The molecule has 0 amide bonds. The van der Waals surface area contributed by atoms with Crippen LogP contribution in [0.5, 0.6) is 0 Å². The Bertz CT molecular complexity index is 473. The van der Waals surface area contributed by atoms with Gasteiger partial charge in [0.1, 0.15) is 0 Å². The summed E-state index contributed by atoms with van der Waals surface area (Å²) in [6.07, 6.45) is 12.5. The van der Waals surface area contributed by atoms with Crippen molar-refractivity contribution >= 4 is 5.57 Å². The average molecular weight is 194 g/mol. The zero-order valence-electron chi connectivity index (χ0n) is 8.74. The fourth-order valence-electron chi connectivity index (χ4n) is 2.41. The molecular weight excluding hydrogens is 180 g/mol. The van der Waals surface area contributed by atoms with E-state index in [1.807, 2.05) is 0 Å². The second kappa shape index (κ2) is 3.54. The Hall–Kier alpha value is -1.56. The third kappa shape index (κ3) is 1.46. The molecule has 1 aromatic rings. The van der Waals surface area contributed by atoms with E-state index in [2.05, 4.69) is 48.6 Å². The molecule has 0 unspecified atom stereocenters. The van der Waals surface area contributed by atoms with Crippen LogP contribution in [0.15, 0.2) is 54.1 Å². The van der Waals surface area contributed by atoms with E-state index in [0.29, 0.717) is 0 Å². The highest BCUT2D eigenvalue weighted by Crippen LogP contribution is 2.35. The van der Waals surface area contributed by atoms with Crippen molar-refractivity contribution in [3.8, 4) is 0 Å².